The maximum atomic E-state index is 3.54. The zero-order valence-corrected chi connectivity index (χ0v) is 15.9. The van der Waals surface area contributed by atoms with Crippen LogP contribution in [-0.2, 0) is 4.37 Å². The third-order valence-electron chi connectivity index (χ3n) is 4.36. The standard InChI is InChI=1S/C20H43O.H2O/c1-4-7-10-11-12-13-14-15-16-17-20-21(18-8-5-2)19-9-6-3;/h4-20H2,1-3H3;1H2/q+1;/p-1. The summed E-state index contributed by atoms with van der Waals surface area (Å²) >= 11 is 0. The first-order valence-electron chi connectivity index (χ1n) is 9.99. The smallest absolute Gasteiger partial charge is 0.145 e. The van der Waals surface area contributed by atoms with E-state index in [0.29, 0.717) is 0 Å². The van der Waals surface area contributed by atoms with Crippen LogP contribution in [0.25, 0.3) is 0 Å². The van der Waals surface area contributed by atoms with Crippen LogP contribution >= 0.6 is 0 Å². The van der Waals surface area contributed by atoms with Crippen LogP contribution in [0.5, 0.6) is 0 Å². The number of hydrogen-bond donors (Lipinski definition) is 0. The third kappa shape index (κ3) is 18.0. The second kappa shape index (κ2) is 20.9. The van der Waals surface area contributed by atoms with Gasteiger partial charge in [-0.15, -0.1) is 0 Å². The maximum absolute atomic E-state index is 3.54. The van der Waals surface area contributed by atoms with Gasteiger partial charge >= 0.3 is 0 Å². The van der Waals surface area contributed by atoms with Gasteiger partial charge < -0.3 is 9.84 Å². The van der Waals surface area contributed by atoms with E-state index in [1.54, 1.807) is 0 Å². The molecule has 2 heteroatoms. The predicted octanol–water partition coefficient (Wildman–Crippen LogP) is 6.88. The lowest BCUT2D eigenvalue weighted by Gasteiger charge is -2.19. The van der Waals surface area contributed by atoms with Gasteiger partial charge in [-0.3, -0.25) is 0 Å². The molecule has 2 nitrogen and oxygen atoms in total. The van der Waals surface area contributed by atoms with E-state index in [9.17, 15) is 0 Å². The zero-order chi connectivity index (χ0) is 15.6. The molecule has 0 aliphatic rings. The van der Waals surface area contributed by atoms with Crippen molar-refractivity contribution in [2.24, 2.45) is 0 Å². The highest BCUT2D eigenvalue weighted by molar-refractivity contribution is 4.50. The van der Waals surface area contributed by atoms with Crippen molar-refractivity contribution < 1.29 is 9.84 Å². The van der Waals surface area contributed by atoms with Gasteiger partial charge in [0.15, 0.2) is 0 Å². The highest BCUT2D eigenvalue weighted by Crippen LogP contribution is 2.12. The summed E-state index contributed by atoms with van der Waals surface area (Å²) in [5, 5.41) is 0. The average molecular weight is 317 g/mol. The molecule has 0 aliphatic heterocycles. The van der Waals surface area contributed by atoms with Crippen molar-refractivity contribution in [1.82, 2.24) is 0 Å². The summed E-state index contributed by atoms with van der Waals surface area (Å²) in [6.07, 6.45) is 19.7. The molecule has 0 aromatic rings. The highest BCUT2D eigenvalue weighted by Gasteiger charge is 2.07. The molecular weight excluding hydrogens is 272 g/mol. The molecule has 0 atom stereocenters. The third-order valence-corrected chi connectivity index (χ3v) is 4.36. The van der Waals surface area contributed by atoms with Crippen molar-refractivity contribution in [2.75, 3.05) is 19.8 Å². The van der Waals surface area contributed by atoms with Gasteiger partial charge in [0.2, 0.25) is 0 Å². The molecule has 136 valence electrons. The summed E-state index contributed by atoms with van der Waals surface area (Å²) in [6, 6.07) is 0. The largest absolute Gasteiger partial charge is 0.870 e. The van der Waals surface area contributed by atoms with Gasteiger partial charge in [0.05, 0.1) is 0 Å². The van der Waals surface area contributed by atoms with E-state index < -0.39 is 0 Å². The summed E-state index contributed by atoms with van der Waals surface area (Å²) in [5.74, 6) is 0. The van der Waals surface area contributed by atoms with Crippen molar-refractivity contribution in [2.45, 2.75) is 111 Å². The van der Waals surface area contributed by atoms with E-state index in [2.05, 4.69) is 25.1 Å². The fourth-order valence-electron chi connectivity index (χ4n) is 2.80. The minimum Gasteiger partial charge on any atom is -0.870 e. The van der Waals surface area contributed by atoms with Crippen LogP contribution in [-0.4, -0.2) is 25.3 Å². The Bertz CT molecular complexity index is 175. The van der Waals surface area contributed by atoms with Crippen molar-refractivity contribution >= 4 is 0 Å². The minimum absolute atomic E-state index is 0. The Hall–Kier alpha value is -0.0800. The first kappa shape index (κ1) is 24.2. The Morgan fingerprint density at radius 2 is 0.727 bits per heavy atom. The molecule has 0 saturated heterocycles. The Morgan fingerprint density at radius 3 is 1.14 bits per heavy atom. The molecule has 0 bridgehead atoms. The summed E-state index contributed by atoms with van der Waals surface area (Å²) < 4.78 is 3.54. The molecular formula is C20H44O2. The first-order valence-corrected chi connectivity index (χ1v) is 9.99. The van der Waals surface area contributed by atoms with E-state index in [1.165, 1.54) is 110 Å². The van der Waals surface area contributed by atoms with E-state index in [1.807, 2.05) is 0 Å². The summed E-state index contributed by atoms with van der Waals surface area (Å²) in [5.41, 5.74) is 0. The van der Waals surface area contributed by atoms with Gasteiger partial charge in [0.1, 0.15) is 19.8 Å². The molecule has 0 aromatic carbocycles. The molecule has 0 saturated carbocycles. The van der Waals surface area contributed by atoms with Crippen LogP contribution in [0, 0.1) is 0 Å². The van der Waals surface area contributed by atoms with Crippen molar-refractivity contribution in [3.63, 3.8) is 0 Å². The van der Waals surface area contributed by atoms with Crippen LogP contribution in [0.4, 0.5) is 0 Å². The Balaban J connectivity index is 0. The zero-order valence-electron chi connectivity index (χ0n) is 15.9. The van der Waals surface area contributed by atoms with Gasteiger partial charge in [0.25, 0.3) is 0 Å². The molecule has 1 N–H and O–H groups in total. The van der Waals surface area contributed by atoms with Crippen LogP contribution in [0.2, 0.25) is 0 Å². The van der Waals surface area contributed by atoms with Gasteiger partial charge in [-0.2, -0.15) is 0 Å². The van der Waals surface area contributed by atoms with Crippen LogP contribution < -0.4 is 0 Å². The highest BCUT2D eigenvalue weighted by atomic mass is 16.7. The fourth-order valence-corrected chi connectivity index (χ4v) is 2.80. The summed E-state index contributed by atoms with van der Waals surface area (Å²) in [6.45, 7) is 10.6. The summed E-state index contributed by atoms with van der Waals surface area (Å²) in [7, 11) is 0. The molecule has 0 fully saturated rings. The van der Waals surface area contributed by atoms with Gasteiger partial charge in [-0.25, -0.2) is 0 Å². The van der Waals surface area contributed by atoms with E-state index >= 15 is 0 Å². The van der Waals surface area contributed by atoms with Crippen molar-refractivity contribution in [1.29, 1.82) is 0 Å². The van der Waals surface area contributed by atoms with E-state index in [4.69, 9.17) is 0 Å². The monoisotopic (exact) mass is 316 g/mol. The predicted molar refractivity (Wildman–Crippen MR) is 99.3 cm³/mol. The van der Waals surface area contributed by atoms with Crippen LogP contribution in [0.3, 0.4) is 0 Å². The molecule has 0 rings (SSSR count). The van der Waals surface area contributed by atoms with Crippen LogP contribution in [0.15, 0.2) is 0 Å². The summed E-state index contributed by atoms with van der Waals surface area (Å²) in [4.78, 5) is 0. The lowest BCUT2D eigenvalue weighted by atomic mass is 10.1. The second-order valence-corrected chi connectivity index (χ2v) is 6.61. The number of unbranched alkanes of at least 4 members (excludes halogenated alkanes) is 11. The molecule has 0 aromatic heterocycles. The maximum Gasteiger partial charge on any atom is 0.145 e. The van der Waals surface area contributed by atoms with E-state index in [-0.39, 0.29) is 5.48 Å². The number of hydrogen-bond acceptors (Lipinski definition) is 1. The van der Waals surface area contributed by atoms with Crippen molar-refractivity contribution in [3.05, 3.63) is 0 Å². The van der Waals surface area contributed by atoms with Gasteiger partial charge in [-0.05, 0) is 19.3 Å². The molecule has 0 spiro atoms. The SMILES string of the molecule is CCCCCCCCCCCC[O+](CCCC)CCCC.[OH-]. The lowest BCUT2D eigenvalue weighted by molar-refractivity contribution is -0.143. The first-order chi connectivity index (χ1) is 10.3. The lowest BCUT2D eigenvalue weighted by Crippen LogP contribution is -2.18. The second-order valence-electron chi connectivity index (χ2n) is 6.61. The van der Waals surface area contributed by atoms with Crippen LogP contribution in [0.1, 0.15) is 111 Å². The normalized spacial score (nSPS) is 10.9. The Morgan fingerprint density at radius 1 is 0.409 bits per heavy atom. The minimum atomic E-state index is 0. The average Bonchev–Trinajstić information content (AvgIpc) is 2.51. The molecule has 0 amide bonds. The fraction of sp³-hybridized carbons (Fsp3) is 1.00. The quantitative estimate of drug-likeness (QED) is 0.212. The molecule has 22 heavy (non-hydrogen) atoms. The van der Waals surface area contributed by atoms with Gasteiger partial charge in [-0.1, -0.05) is 72.1 Å². The Labute approximate surface area is 141 Å². The molecule has 0 aliphatic carbocycles. The Kier molecular flexibility index (Phi) is 23.0. The number of rotatable bonds is 17. The molecule has 0 unspecified atom stereocenters. The van der Waals surface area contributed by atoms with E-state index in [0.717, 1.165) is 0 Å². The molecule has 0 heterocycles. The topological polar surface area (TPSA) is 32.7 Å². The molecule has 0 radical (unpaired) electrons. The van der Waals surface area contributed by atoms with Crippen molar-refractivity contribution in [3.8, 4) is 0 Å². The van der Waals surface area contributed by atoms with Gasteiger partial charge in [0, 0.05) is 19.3 Å².